The van der Waals surface area contributed by atoms with E-state index in [0.29, 0.717) is 11.1 Å². The van der Waals surface area contributed by atoms with Gasteiger partial charge in [-0.1, -0.05) is 36.4 Å². The zero-order chi connectivity index (χ0) is 19.6. The lowest BCUT2D eigenvalue weighted by molar-refractivity contribution is -0.231. The Hall–Kier alpha value is -2.29. The van der Waals surface area contributed by atoms with E-state index in [4.69, 9.17) is 4.74 Å². The average Bonchev–Trinajstić information content (AvgIpc) is 2.72. The maximum atomic E-state index is 11.8. The van der Waals surface area contributed by atoms with Crippen molar-refractivity contribution in [3.05, 3.63) is 59.7 Å². The van der Waals surface area contributed by atoms with Crippen molar-refractivity contribution in [2.24, 2.45) is 0 Å². The number of nitrogens with one attached hydrogen (secondary N) is 1. The van der Waals surface area contributed by atoms with Gasteiger partial charge < -0.3 is 30.5 Å². The van der Waals surface area contributed by atoms with E-state index in [1.807, 2.05) is 18.2 Å². The molecule has 2 aromatic carbocycles. The molecule has 0 bridgehead atoms. The van der Waals surface area contributed by atoms with Crippen molar-refractivity contribution in [2.45, 2.75) is 30.5 Å². The highest BCUT2D eigenvalue weighted by atomic mass is 16.5. The number of aliphatic hydroxyl groups excluding tert-OH is 4. The fourth-order valence-electron chi connectivity index (χ4n) is 3.23. The first-order valence-electron chi connectivity index (χ1n) is 8.69. The summed E-state index contributed by atoms with van der Waals surface area (Å²) < 4.78 is 5.56. The van der Waals surface area contributed by atoms with Crippen LogP contribution in [0.15, 0.2) is 48.5 Å². The van der Waals surface area contributed by atoms with Gasteiger partial charge >= 0.3 is 0 Å². The normalized spacial score (nSPS) is 28.0. The number of carbonyl (C=O) groups is 1. The molecule has 1 aliphatic rings. The Bertz CT molecular complexity index is 791. The van der Waals surface area contributed by atoms with Gasteiger partial charge in [0.15, 0.2) is 0 Å². The Morgan fingerprint density at radius 1 is 1.00 bits per heavy atom. The van der Waals surface area contributed by atoms with Crippen LogP contribution in [0.1, 0.15) is 22.0 Å². The molecule has 5 N–H and O–H groups in total. The molecule has 1 amide bonds. The van der Waals surface area contributed by atoms with E-state index < -0.39 is 37.1 Å². The van der Waals surface area contributed by atoms with Crippen molar-refractivity contribution < 1.29 is 30.0 Å². The van der Waals surface area contributed by atoms with E-state index in [-0.39, 0.29) is 5.91 Å². The Labute approximate surface area is 156 Å². The maximum Gasteiger partial charge on any atom is 0.251 e. The van der Waals surface area contributed by atoms with Crippen LogP contribution in [-0.4, -0.2) is 64.4 Å². The molecular formula is C20H23NO6. The highest BCUT2D eigenvalue weighted by Crippen LogP contribution is 2.33. The summed E-state index contributed by atoms with van der Waals surface area (Å²) in [5, 5.41) is 41.9. The lowest BCUT2D eigenvalue weighted by Gasteiger charge is -2.40. The largest absolute Gasteiger partial charge is 0.394 e. The summed E-state index contributed by atoms with van der Waals surface area (Å²) in [4.78, 5) is 11.8. The van der Waals surface area contributed by atoms with Crippen LogP contribution in [0, 0.1) is 0 Å². The Balaban J connectivity index is 1.84. The zero-order valence-corrected chi connectivity index (χ0v) is 14.8. The molecule has 5 atom stereocenters. The Morgan fingerprint density at radius 3 is 2.33 bits per heavy atom. The van der Waals surface area contributed by atoms with Crippen molar-refractivity contribution in [1.29, 1.82) is 0 Å². The zero-order valence-electron chi connectivity index (χ0n) is 14.8. The Kier molecular flexibility index (Phi) is 5.88. The van der Waals surface area contributed by atoms with Gasteiger partial charge in [-0.3, -0.25) is 4.79 Å². The van der Waals surface area contributed by atoms with Crippen LogP contribution >= 0.6 is 0 Å². The van der Waals surface area contributed by atoms with Gasteiger partial charge in [-0.2, -0.15) is 0 Å². The summed E-state index contributed by atoms with van der Waals surface area (Å²) >= 11 is 0. The maximum absolute atomic E-state index is 11.8. The topological polar surface area (TPSA) is 119 Å². The molecule has 144 valence electrons. The highest BCUT2D eigenvalue weighted by molar-refractivity contribution is 5.95. The SMILES string of the molecule is CNC(=O)c1cccc(-c2ccc([C@H]3O[C@H](CO)[C@@H](O)[C@H](O)[C@@H]3O)cc2)c1. The number of aliphatic hydroxyl groups is 4. The number of rotatable bonds is 4. The van der Waals surface area contributed by atoms with E-state index in [1.165, 1.54) is 0 Å². The molecule has 0 aromatic heterocycles. The van der Waals surface area contributed by atoms with Crippen molar-refractivity contribution in [3.8, 4) is 11.1 Å². The van der Waals surface area contributed by atoms with Crippen LogP contribution in [0.4, 0.5) is 0 Å². The second kappa shape index (κ2) is 8.16. The first-order chi connectivity index (χ1) is 13.0. The van der Waals surface area contributed by atoms with Crippen molar-refractivity contribution in [3.63, 3.8) is 0 Å². The summed E-state index contributed by atoms with van der Waals surface area (Å²) in [5.41, 5.74) is 2.89. The van der Waals surface area contributed by atoms with E-state index in [0.717, 1.165) is 11.1 Å². The number of hydrogen-bond acceptors (Lipinski definition) is 6. The van der Waals surface area contributed by atoms with Gasteiger partial charge in [-0.15, -0.1) is 0 Å². The molecule has 7 heteroatoms. The summed E-state index contributed by atoms with van der Waals surface area (Å²) in [6.45, 7) is -0.466. The molecule has 1 aliphatic heterocycles. The van der Waals surface area contributed by atoms with Crippen LogP contribution < -0.4 is 5.32 Å². The van der Waals surface area contributed by atoms with Crippen molar-refractivity contribution in [1.82, 2.24) is 5.32 Å². The molecule has 1 saturated heterocycles. The van der Waals surface area contributed by atoms with Gasteiger partial charge in [-0.25, -0.2) is 0 Å². The van der Waals surface area contributed by atoms with Crippen LogP contribution in [-0.2, 0) is 4.74 Å². The monoisotopic (exact) mass is 373 g/mol. The van der Waals surface area contributed by atoms with Gasteiger partial charge in [-0.05, 0) is 28.8 Å². The van der Waals surface area contributed by atoms with Gasteiger partial charge in [0, 0.05) is 12.6 Å². The third-order valence-electron chi connectivity index (χ3n) is 4.82. The van der Waals surface area contributed by atoms with Crippen LogP contribution in [0.5, 0.6) is 0 Å². The van der Waals surface area contributed by atoms with E-state index >= 15 is 0 Å². The molecule has 0 saturated carbocycles. The molecule has 3 rings (SSSR count). The number of ether oxygens (including phenoxy) is 1. The minimum atomic E-state index is -1.41. The van der Waals surface area contributed by atoms with E-state index in [2.05, 4.69) is 5.32 Å². The molecular weight excluding hydrogens is 350 g/mol. The molecule has 0 unspecified atom stereocenters. The molecule has 1 fully saturated rings. The average molecular weight is 373 g/mol. The first-order valence-corrected chi connectivity index (χ1v) is 8.69. The van der Waals surface area contributed by atoms with Crippen LogP contribution in [0.2, 0.25) is 0 Å². The molecule has 0 radical (unpaired) electrons. The summed E-state index contributed by atoms with van der Waals surface area (Å²) in [6, 6.07) is 14.3. The fraction of sp³-hybridized carbons (Fsp3) is 0.350. The summed E-state index contributed by atoms with van der Waals surface area (Å²) in [5.74, 6) is -0.171. The summed E-state index contributed by atoms with van der Waals surface area (Å²) in [6.07, 6.45) is -5.92. The minimum Gasteiger partial charge on any atom is -0.394 e. The molecule has 7 nitrogen and oxygen atoms in total. The van der Waals surface area contributed by atoms with Crippen molar-refractivity contribution >= 4 is 5.91 Å². The van der Waals surface area contributed by atoms with Gasteiger partial charge in [0.25, 0.3) is 5.91 Å². The van der Waals surface area contributed by atoms with Crippen LogP contribution in [0.25, 0.3) is 11.1 Å². The second-order valence-corrected chi connectivity index (χ2v) is 6.53. The van der Waals surface area contributed by atoms with E-state index in [9.17, 15) is 25.2 Å². The predicted molar refractivity (Wildman–Crippen MR) is 98.0 cm³/mol. The predicted octanol–water partition coefficient (Wildman–Crippen LogP) is 0.228. The minimum absolute atomic E-state index is 0.171. The number of hydrogen-bond donors (Lipinski definition) is 5. The molecule has 27 heavy (non-hydrogen) atoms. The highest BCUT2D eigenvalue weighted by Gasteiger charge is 2.43. The Morgan fingerprint density at radius 2 is 1.70 bits per heavy atom. The van der Waals surface area contributed by atoms with Crippen molar-refractivity contribution in [2.75, 3.05) is 13.7 Å². The van der Waals surface area contributed by atoms with Gasteiger partial charge in [0.2, 0.25) is 0 Å². The third-order valence-corrected chi connectivity index (χ3v) is 4.82. The lowest BCUT2D eigenvalue weighted by Crippen LogP contribution is -2.55. The number of carbonyl (C=O) groups excluding carboxylic acids is 1. The molecule has 0 spiro atoms. The van der Waals surface area contributed by atoms with Gasteiger partial charge in [0.05, 0.1) is 6.61 Å². The molecule has 1 heterocycles. The molecule has 2 aromatic rings. The van der Waals surface area contributed by atoms with Crippen LogP contribution in [0.3, 0.4) is 0 Å². The summed E-state index contributed by atoms with van der Waals surface area (Å²) in [7, 11) is 1.57. The standard InChI is InChI=1S/C20H23NO6/c1-21-20(26)14-4-2-3-13(9-14)11-5-7-12(8-6-11)19-18(25)17(24)16(23)15(10-22)27-19/h2-9,15-19,22-25H,10H2,1H3,(H,21,26)/t15-,16-,17+,18+,19-/m1/s1. The van der Waals surface area contributed by atoms with Gasteiger partial charge in [0.1, 0.15) is 30.5 Å². The molecule has 0 aliphatic carbocycles. The quantitative estimate of drug-likeness (QED) is 0.523. The van der Waals surface area contributed by atoms with E-state index in [1.54, 1.807) is 37.4 Å². The second-order valence-electron chi connectivity index (χ2n) is 6.53. The first kappa shape index (κ1) is 19.5. The third kappa shape index (κ3) is 3.87. The fourth-order valence-corrected chi connectivity index (χ4v) is 3.23. The number of benzene rings is 2. The lowest BCUT2D eigenvalue weighted by atomic mass is 9.90. The smallest absolute Gasteiger partial charge is 0.251 e. The number of amides is 1.